The third-order valence-corrected chi connectivity index (χ3v) is 3.86. The Labute approximate surface area is 110 Å². The van der Waals surface area contributed by atoms with Crippen molar-refractivity contribution >= 4 is 23.2 Å². The van der Waals surface area contributed by atoms with E-state index in [1.807, 2.05) is 13.8 Å². The summed E-state index contributed by atoms with van der Waals surface area (Å²) in [5.74, 6) is -1.49. The molecular weight excluding hydrogens is 252 g/mol. The molecule has 1 amide bonds. The van der Waals surface area contributed by atoms with Crippen molar-refractivity contribution in [3.63, 3.8) is 0 Å². The van der Waals surface area contributed by atoms with Crippen LogP contribution in [-0.2, 0) is 9.59 Å². The Morgan fingerprint density at radius 1 is 1.56 bits per heavy atom. The molecule has 0 aliphatic rings. The van der Waals surface area contributed by atoms with E-state index in [1.54, 1.807) is 17.5 Å². The minimum absolute atomic E-state index is 0.0165. The standard InChI is InChI=1S/C12H18N2O3S/c1-3-7(2)9(13)11(15)14-10(12(16)17)8-5-4-6-18-8/h4-7,9-10H,3,13H2,1-2H3,(H,14,15)(H,16,17)/t7-,9-,10?/m0/s1. The van der Waals surface area contributed by atoms with Gasteiger partial charge in [0.05, 0.1) is 6.04 Å². The first-order valence-corrected chi connectivity index (χ1v) is 6.67. The highest BCUT2D eigenvalue weighted by Gasteiger charge is 2.27. The third kappa shape index (κ3) is 3.54. The van der Waals surface area contributed by atoms with Gasteiger partial charge in [-0.1, -0.05) is 26.3 Å². The Balaban J connectivity index is 2.74. The lowest BCUT2D eigenvalue weighted by atomic mass is 9.99. The fourth-order valence-corrected chi connectivity index (χ4v) is 2.23. The van der Waals surface area contributed by atoms with Gasteiger partial charge >= 0.3 is 5.97 Å². The molecule has 18 heavy (non-hydrogen) atoms. The summed E-state index contributed by atoms with van der Waals surface area (Å²) in [6.45, 7) is 3.80. The van der Waals surface area contributed by atoms with Crippen LogP contribution in [-0.4, -0.2) is 23.0 Å². The van der Waals surface area contributed by atoms with Crippen LogP contribution in [0.15, 0.2) is 17.5 Å². The normalized spacial score (nSPS) is 15.7. The molecule has 0 aromatic carbocycles. The molecule has 1 aromatic rings. The quantitative estimate of drug-likeness (QED) is 0.727. The topological polar surface area (TPSA) is 92.4 Å². The number of amides is 1. The summed E-state index contributed by atoms with van der Waals surface area (Å²) < 4.78 is 0. The first-order chi connectivity index (χ1) is 8.47. The molecule has 5 nitrogen and oxygen atoms in total. The maximum atomic E-state index is 11.9. The third-order valence-electron chi connectivity index (χ3n) is 2.92. The van der Waals surface area contributed by atoms with Gasteiger partial charge in [0.25, 0.3) is 0 Å². The van der Waals surface area contributed by atoms with Crippen molar-refractivity contribution in [1.29, 1.82) is 0 Å². The molecule has 100 valence electrons. The summed E-state index contributed by atoms with van der Waals surface area (Å²) in [5, 5.41) is 13.4. The molecule has 6 heteroatoms. The number of carbonyl (C=O) groups excluding carboxylic acids is 1. The maximum absolute atomic E-state index is 11.9. The highest BCUT2D eigenvalue weighted by atomic mass is 32.1. The van der Waals surface area contributed by atoms with Gasteiger partial charge in [0.1, 0.15) is 0 Å². The van der Waals surface area contributed by atoms with Crippen molar-refractivity contribution < 1.29 is 14.7 Å². The van der Waals surface area contributed by atoms with Crippen LogP contribution >= 0.6 is 11.3 Å². The average Bonchev–Trinajstić information content (AvgIpc) is 2.86. The Morgan fingerprint density at radius 3 is 2.67 bits per heavy atom. The van der Waals surface area contributed by atoms with Crippen LogP contribution < -0.4 is 11.1 Å². The minimum Gasteiger partial charge on any atom is -0.479 e. The predicted molar refractivity (Wildman–Crippen MR) is 70.3 cm³/mol. The van der Waals surface area contributed by atoms with E-state index in [-0.39, 0.29) is 5.92 Å². The summed E-state index contributed by atoms with van der Waals surface area (Å²) in [7, 11) is 0. The number of carbonyl (C=O) groups is 2. The molecule has 0 radical (unpaired) electrons. The molecule has 0 spiro atoms. The molecule has 0 saturated carbocycles. The molecule has 1 unspecified atom stereocenters. The number of nitrogens with one attached hydrogen (secondary N) is 1. The highest BCUT2D eigenvalue weighted by molar-refractivity contribution is 7.10. The molecule has 3 atom stereocenters. The van der Waals surface area contributed by atoms with Crippen molar-refractivity contribution in [3.8, 4) is 0 Å². The van der Waals surface area contributed by atoms with Crippen molar-refractivity contribution in [2.24, 2.45) is 11.7 Å². The van der Waals surface area contributed by atoms with Crippen LogP contribution in [0.3, 0.4) is 0 Å². The van der Waals surface area contributed by atoms with Crippen molar-refractivity contribution in [2.45, 2.75) is 32.4 Å². The van der Waals surface area contributed by atoms with Crippen molar-refractivity contribution in [3.05, 3.63) is 22.4 Å². The zero-order valence-electron chi connectivity index (χ0n) is 10.4. The van der Waals surface area contributed by atoms with Crippen LogP contribution in [0.1, 0.15) is 31.2 Å². The van der Waals surface area contributed by atoms with Gasteiger partial charge in [-0.25, -0.2) is 4.79 Å². The van der Waals surface area contributed by atoms with Gasteiger partial charge in [0.2, 0.25) is 5.91 Å². The first-order valence-electron chi connectivity index (χ1n) is 5.79. The van der Waals surface area contributed by atoms with E-state index in [2.05, 4.69) is 5.32 Å². The Hall–Kier alpha value is -1.40. The Morgan fingerprint density at radius 2 is 2.22 bits per heavy atom. The molecule has 0 aliphatic carbocycles. The van der Waals surface area contributed by atoms with Gasteiger partial charge in [-0.15, -0.1) is 11.3 Å². The number of carboxylic acid groups (broad SMARTS) is 1. The van der Waals surface area contributed by atoms with Gasteiger partial charge in [0, 0.05) is 4.88 Å². The molecule has 0 fully saturated rings. The van der Waals surface area contributed by atoms with Gasteiger partial charge in [0.15, 0.2) is 6.04 Å². The lowest BCUT2D eigenvalue weighted by molar-refractivity contribution is -0.142. The Kier molecular flexibility index (Phi) is 5.30. The van der Waals surface area contributed by atoms with Crippen LogP contribution in [0.5, 0.6) is 0 Å². The van der Waals surface area contributed by atoms with Crippen LogP contribution in [0.4, 0.5) is 0 Å². The summed E-state index contributed by atoms with van der Waals surface area (Å²) >= 11 is 1.29. The first kappa shape index (κ1) is 14.7. The molecule has 1 rings (SSSR count). The molecular formula is C12H18N2O3S. The number of aliphatic carboxylic acids is 1. The molecule has 0 saturated heterocycles. The summed E-state index contributed by atoms with van der Waals surface area (Å²) in [6, 6.07) is 1.72. The van der Waals surface area contributed by atoms with Crippen molar-refractivity contribution in [1.82, 2.24) is 5.32 Å². The van der Waals surface area contributed by atoms with Crippen molar-refractivity contribution in [2.75, 3.05) is 0 Å². The average molecular weight is 270 g/mol. The molecule has 1 heterocycles. The largest absolute Gasteiger partial charge is 0.479 e. The van der Waals surface area contributed by atoms with Gasteiger partial charge < -0.3 is 16.2 Å². The SMILES string of the molecule is CC[C@H](C)[C@H](N)C(=O)NC(C(=O)O)c1cccs1. The molecule has 0 aliphatic heterocycles. The Bertz CT molecular complexity index is 405. The van der Waals surface area contributed by atoms with E-state index in [0.717, 1.165) is 6.42 Å². The molecule has 1 aromatic heterocycles. The number of rotatable bonds is 6. The number of carboxylic acids is 1. The van der Waals surface area contributed by atoms with E-state index < -0.39 is 24.0 Å². The second kappa shape index (κ2) is 6.51. The van der Waals surface area contributed by atoms with Gasteiger partial charge in [-0.2, -0.15) is 0 Å². The second-order valence-corrected chi connectivity index (χ2v) is 5.19. The van der Waals surface area contributed by atoms with E-state index in [9.17, 15) is 9.59 Å². The van der Waals surface area contributed by atoms with Crippen LogP contribution in [0.25, 0.3) is 0 Å². The zero-order valence-corrected chi connectivity index (χ0v) is 11.2. The molecule has 0 bridgehead atoms. The number of hydrogen-bond acceptors (Lipinski definition) is 4. The smallest absolute Gasteiger partial charge is 0.331 e. The predicted octanol–water partition coefficient (Wildman–Crippen LogP) is 1.36. The van der Waals surface area contributed by atoms with E-state index >= 15 is 0 Å². The monoisotopic (exact) mass is 270 g/mol. The van der Waals surface area contributed by atoms with E-state index in [1.165, 1.54) is 11.3 Å². The van der Waals surface area contributed by atoms with Gasteiger partial charge in [-0.05, 0) is 17.4 Å². The number of thiophene rings is 1. The molecule has 4 N–H and O–H groups in total. The zero-order chi connectivity index (χ0) is 13.7. The summed E-state index contributed by atoms with van der Waals surface area (Å²) in [4.78, 5) is 23.6. The maximum Gasteiger partial charge on any atom is 0.331 e. The highest BCUT2D eigenvalue weighted by Crippen LogP contribution is 2.19. The van der Waals surface area contributed by atoms with Gasteiger partial charge in [-0.3, -0.25) is 4.79 Å². The summed E-state index contributed by atoms with van der Waals surface area (Å²) in [6.07, 6.45) is 0.769. The van der Waals surface area contributed by atoms with Crippen LogP contribution in [0, 0.1) is 5.92 Å². The lowest BCUT2D eigenvalue weighted by Gasteiger charge is -2.20. The van der Waals surface area contributed by atoms with E-state index in [0.29, 0.717) is 4.88 Å². The minimum atomic E-state index is -1.08. The fourth-order valence-electron chi connectivity index (χ4n) is 1.46. The lowest BCUT2D eigenvalue weighted by Crippen LogP contribution is -2.47. The summed E-state index contributed by atoms with van der Waals surface area (Å²) in [5.41, 5.74) is 5.77. The fraction of sp³-hybridized carbons (Fsp3) is 0.500. The number of hydrogen-bond donors (Lipinski definition) is 3. The van der Waals surface area contributed by atoms with Crippen LogP contribution in [0.2, 0.25) is 0 Å². The second-order valence-electron chi connectivity index (χ2n) is 4.21. The van der Waals surface area contributed by atoms with E-state index in [4.69, 9.17) is 10.8 Å². The number of nitrogens with two attached hydrogens (primary N) is 1.